The van der Waals surface area contributed by atoms with Crippen LogP contribution in [-0.2, 0) is 14.3 Å². The predicted octanol–water partition coefficient (Wildman–Crippen LogP) is 3.02. The first-order chi connectivity index (χ1) is 8.00. The van der Waals surface area contributed by atoms with Crippen LogP contribution in [0.5, 0.6) is 0 Å². The maximum absolute atomic E-state index is 9.93. The predicted molar refractivity (Wildman–Crippen MR) is 69.6 cm³/mol. The number of hydrogen-bond acceptors (Lipinski definition) is 3. The monoisotopic (exact) mass is 236 g/mol. The van der Waals surface area contributed by atoms with Crippen LogP contribution in [0, 0.1) is 0 Å². The van der Waals surface area contributed by atoms with E-state index in [4.69, 9.17) is 0 Å². The van der Waals surface area contributed by atoms with Crippen molar-refractivity contribution in [3.63, 3.8) is 0 Å². The number of carbonyl (C=O) groups is 2. The molecule has 0 aromatic heterocycles. The molecule has 94 valence electrons. The Kier molecular flexibility index (Phi) is 14.5. The number of carbonyl (C=O) groups excluding carboxylic acids is 2. The summed E-state index contributed by atoms with van der Waals surface area (Å²) in [5, 5.41) is 0. The first-order valence-electron chi connectivity index (χ1n) is 5.22. The highest BCUT2D eigenvalue weighted by atomic mass is 16.5. The second-order valence-corrected chi connectivity index (χ2v) is 3.15. The first-order valence-corrected chi connectivity index (χ1v) is 5.22. The van der Waals surface area contributed by atoms with Crippen molar-refractivity contribution in [1.82, 2.24) is 0 Å². The Morgan fingerprint density at radius 3 is 1.41 bits per heavy atom. The summed E-state index contributed by atoms with van der Waals surface area (Å²) in [6.07, 6.45) is 1.53. The maximum Gasteiger partial charge on any atom is 0.302 e. The summed E-state index contributed by atoms with van der Waals surface area (Å²) in [5.74, 6) is -0.0973. The van der Waals surface area contributed by atoms with Gasteiger partial charge in [0, 0.05) is 6.92 Å². The van der Waals surface area contributed by atoms with Crippen molar-refractivity contribution >= 4 is 11.8 Å². The van der Waals surface area contributed by atoms with Gasteiger partial charge in [0.25, 0.3) is 0 Å². The Balaban J connectivity index is 0. The molecule has 1 aromatic rings. The molecule has 0 spiro atoms. The molecule has 0 aliphatic carbocycles. The maximum atomic E-state index is 9.93. The average molecular weight is 236 g/mol. The Morgan fingerprint density at radius 2 is 1.29 bits per heavy atom. The van der Waals surface area contributed by atoms with E-state index < -0.39 is 0 Å². The third-order valence-corrected chi connectivity index (χ3v) is 1.07. The van der Waals surface area contributed by atoms with Crippen molar-refractivity contribution in [2.45, 2.75) is 20.8 Å². The van der Waals surface area contributed by atoms with Crippen molar-refractivity contribution in [1.29, 1.82) is 0 Å². The molecule has 0 fully saturated rings. The van der Waals surface area contributed by atoms with Gasteiger partial charge in [0.1, 0.15) is 12.4 Å². The van der Waals surface area contributed by atoms with E-state index in [1.807, 2.05) is 36.4 Å². The summed E-state index contributed by atoms with van der Waals surface area (Å²) in [4.78, 5) is 19.4. The van der Waals surface area contributed by atoms with Crippen LogP contribution in [0.2, 0.25) is 0 Å². The molecular formula is C14H20O3. The Hall–Kier alpha value is -1.90. The average Bonchev–Trinajstić information content (AvgIpc) is 2.29. The quantitative estimate of drug-likeness (QED) is 0.585. The van der Waals surface area contributed by atoms with Crippen molar-refractivity contribution in [2.24, 2.45) is 0 Å². The molecule has 0 bridgehead atoms. The number of ketones is 1. The lowest BCUT2D eigenvalue weighted by atomic mass is 10.4. The van der Waals surface area contributed by atoms with E-state index in [0.717, 1.165) is 0 Å². The SMILES string of the molecule is C=CCOC(C)=O.CC(C)=O.c1ccccc1. The van der Waals surface area contributed by atoms with E-state index in [0.29, 0.717) is 6.61 Å². The molecule has 17 heavy (non-hydrogen) atoms. The fraction of sp³-hybridized carbons (Fsp3) is 0.286. The first kappa shape index (κ1) is 17.5. The van der Waals surface area contributed by atoms with Crippen LogP contribution in [0.1, 0.15) is 20.8 Å². The van der Waals surface area contributed by atoms with E-state index in [1.54, 1.807) is 0 Å². The van der Waals surface area contributed by atoms with Gasteiger partial charge < -0.3 is 9.53 Å². The summed E-state index contributed by atoms with van der Waals surface area (Å²) < 4.78 is 4.43. The molecule has 0 atom stereocenters. The van der Waals surface area contributed by atoms with Gasteiger partial charge in [-0.15, -0.1) is 0 Å². The molecule has 3 nitrogen and oxygen atoms in total. The molecule has 0 N–H and O–H groups in total. The van der Waals surface area contributed by atoms with Crippen LogP contribution in [0.3, 0.4) is 0 Å². The van der Waals surface area contributed by atoms with Crippen molar-refractivity contribution < 1.29 is 14.3 Å². The summed E-state index contributed by atoms with van der Waals surface area (Å²) in [5.41, 5.74) is 0. The summed E-state index contributed by atoms with van der Waals surface area (Å²) in [6.45, 7) is 8.09. The lowest BCUT2D eigenvalue weighted by Gasteiger charge is -1.90. The third-order valence-electron chi connectivity index (χ3n) is 1.07. The van der Waals surface area contributed by atoms with E-state index in [1.165, 1.54) is 26.8 Å². The second kappa shape index (κ2) is 14.1. The number of rotatable bonds is 2. The van der Waals surface area contributed by atoms with E-state index in [2.05, 4.69) is 11.3 Å². The topological polar surface area (TPSA) is 43.4 Å². The van der Waals surface area contributed by atoms with Gasteiger partial charge >= 0.3 is 5.97 Å². The van der Waals surface area contributed by atoms with Crippen LogP contribution < -0.4 is 0 Å². The molecule has 0 aliphatic rings. The van der Waals surface area contributed by atoms with Crippen molar-refractivity contribution in [3.8, 4) is 0 Å². The third kappa shape index (κ3) is 31.5. The van der Waals surface area contributed by atoms with Gasteiger partial charge in [0.05, 0.1) is 0 Å². The zero-order valence-corrected chi connectivity index (χ0v) is 10.7. The molecule has 0 heterocycles. The molecule has 0 amide bonds. The van der Waals surface area contributed by atoms with E-state index in [9.17, 15) is 9.59 Å². The fourth-order valence-corrected chi connectivity index (χ4v) is 0.561. The molecule has 0 aliphatic heterocycles. The van der Waals surface area contributed by atoms with E-state index in [-0.39, 0.29) is 11.8 Å². The highest BCUT2D eigenvalue weighted by molar-refractivity contribution is 5.72. The van der Waals surface area contributed by atoms with Crippen LogP contribution >= 0.6 is 0 Å². The zero-order valence-electron chi connectivity index (χ0n) is 10.7. The van der Waals surface area contributed by atoms with Gasteiger partial charge in [0.2, 0.25) is 0 Å². The molecule has 1 rings (SSSR count). The second-order valence-electron chi connectivity index (χ2n) is 3.15. The van der Waals surface area contributed by atoms with Crippen LogP contribution in [-0.4, -0.2) is 18.4 Å². The molecular weight excluding hydrogens is 216 g/mol. The lowest BCUT2D eigenvalue weighted by Crippen LogP contribution is -1.96. The number of ether oxygens (including phenoxy) is 1. The summed E-state index contributed by atoms with van der Waals surface area (Å²) >= 11 is 0. The minimum absolute atomic E-state index is 0.167. The lowest BCUT2D eigenvalue weighted by molar-refractivity contribution is -0.139. The Labute approximate surface area is 103 Å². The Morgan fingerprint density at radius 1 is 1.00 bits per heavy atom. The largest absolute Gasteiger partial charge is 0.462 e. The fourth-order valence-electron chi connectivity index (χ4n) is 0.561. The highest BCUT2D eigenvalue weighted by Gasteiger charge is 1.83. The number of esters is 1. The minimum atomic E-state index is -0.264. The number of Topliss-reactive ketones (excluding diaryl/α,β-unsaturated/α-hetero) is 1. The van der Waals surface area contributed by atoms with Gasteiger partial charge in [0.15, 0.2) is 0 Å². The molecule has 0 radical (unpaired) electrons. The zero-order chi connectivity index (χ0) is 13.5. The van der Waals surface area contributed by atoms with Gasteiger partial charge in [-0.05, 0) is 13.8 Å². The molecule has 3 heteroatoms. The van der Waals surface area contributed by atoms with Crippen molar-refractivity contribution in [3.05, 3.63) is 49.1 Å². The highest BCUT2D eigenvalue weighted by Crippen LogP contribution is 1.79. The molecule has 0 unspecified atom stereocenters. The molecule has 1 aromatic carbocycles. The van der Waals surface area contributed by atoms with Crippen LogP contribution in [0.4, 0.5) is 0 Å². The summed E-state index contributed by atoms with van der Waals surface area (Å²) in [7, 11) is 0. The van der Waals surface area contributed by atoms with Gasteiger partial charge in [-0.2, -0.15) is 0 Å². The smallest absolute Gasteiger partial charge is 0.302 e. The molecule has 0 saturated heterocycles. The van der Waals surface area contributed by atoms with Crippen molar-refractivity contribution in [2.75, 3.05) is 6.61 Å². The number of hydrogen-bond donors (Lipinski definition) is 0. The van der Waals surface area contributed by atoms with Gasteiger partial charge in [-0.25, -0.2) is 0 Å². The minimum Gasteiger partial charge on any atom is -0.462 e. The van der Waals surface area contributed by atoms with E-state index >= 15 is 0 Å². The Bertz CT molecular complexity index is 274. The molecule has 0 saturated carbocycles. The standard InChI is InChI=1S/C6H6.C5H8O2.C3H6O/c1-2-4-6-5-3-1;1-3-4-7-5(2)6;1-3(2)4/h1-6H;3H,1,4H2,2H3;1-2H3. The summed E-state index contributed by atoms with van der Waals surface area (Å²) in [6, 6.07) is 12.0. The van der Waals surface area contributed by atoms with Crippen LogP contribution in [0.15, 0.2) is 49.1 Å². The van der Waals surface area contributed by atoms with Gasteiger partial charge in [-0.1, -0.05) is 49.1 Å². The van der Waals surface area contributed by atoms with Gasteiger partial charge in [-0.3, -0.25) is 4.79 Å². The number of benzene rings is 1. The van der Waals surface area contributed by atoms with Crippen LogP contribution in [0.25, 0.3) is 0 Å². The normalized spacial score (nSPS) is 7.47.